The highest BCUT2D eigenvalue weighted by molar-refractivity contribution is 5.87. The average Bonchev–Trinajstić information content (AvgIpc) is 3.57. The zero-order chi connectivity index (χ0) is 29.0. The van der Waals surface area contributed by atoms with Crippen LogP contribution >= 0.6 is 0 Å². The molecule has 1 aromatic heterocycles. The largest absolute Gasteiger partial charge is 0.497 e. The Morgan fingerprint density at radius 3 is 2.21 bits per heavy atom. The van der Waals surface area contributed by atoms with E-state index >= 15 is 0 Å². The van der Waals surface area contributed by atoms with Gasteiger partial charge in [0.05, 0.1) is 19.0 Å². The van der Waals surface area contributed by atoms with Crippen LogP contribution in [0.25, 0.3) is 11.1 Å². The number of aromatic nitrogens is 2. The van der Waals surface area contributed by atoms with Gasteiger partial charge in [0.2, 0.25) is 0 Å². The summed E-state index contributed by atoms with van der Waals surface area (Å²) in [7, 11) is 1.60. The minimum atomic E-state index is -0.575. The summed E-state index contributed by atoms with van der Waals surface area (Å²) < 4.78 is 17.0. The molecule has 0 unspecified atom stereocenters. The number of hydrogen-bond donors (Lipinski definition) is 2. The number of ether oxygens (including phenoxy) is 3. The van der Waals surface area contributed by atoms with E-state index in [-0.39, 0.29) is 6.61 Å². The molecule has 1 heterocycles. The Kier molecular flexibility index (Phi) is 9.84. The number of amides is 1. The summed E-state index contributed by atoms with van der Waals surface area (Å²) in [5.74, 6) is 1.25. The Balaban J connectivity index is 1.27. The van der Waals surface area contributed by atoms with Crippen LogP contribution in [0.4, 0.5) is 10.5 Å². The number of carbonyl (C=O) groups excluding carboxylic acids is 1. The maximum Gasteiger partial charge on any atom is 0.412 e. The molecule has 0 fully saturated rings. The van der Waals surface area contributed by atoms with Gasteiger partial charge in [-0.05, 0) is 46.5 Å². The number of rotatable bonds is 13. The Morgan fingerprint density at radius 1 is 0.833 bits per heavy atom. The van der Waals surface area contributed by atoms with Crippen LogP contribution in [0.5, 0.6) is 11.5 Å². The Morgan fingerprint density at radius 2 is 1.55 bits per heavy atom. The van der Waals surface area contributed by atoms with Crippen molar-refractivity contribution in [1.82, 2.24) is 15.1 Å². The molecule has 0 saturated carbocycles. The number of aromatic amines is 1. The van der Waals surface area contributed by atoms with Crippen LogP contribution in [0.3, 0.4) is 0 Å². The summed E-state index contributed by atoms with van der Waals surface area (Å²) >= 11 is 0. The van der Waals surface area contributed by atoms with Gasteiger partial charge >= 0.3 is 6.09 Å². The van der Waals surface area contributed by atoms with Crippen molar-refractivity contribution in [2.75, 3.05) is 25.6 Å². The first-order chi connectivity index (χ1) is 20.7. The molecule has 42 heavy (non-hydrogen) atoms. The predicted octanol–water partition coefficient (Wildman–Crippen LogP) is 6.92. The van der Waals surface area contributed by atoms with Gasteiger partial charge < -0.3 is 14.2 Å². The zero-order valence-electron chi connectivity index (χ0n) is 23.5. The molecule has 8 heteroatoms. The van der Waals surface area contributed by atoms with Crippen LogP contribution in [0.1, 0.15) is 16.7 Å². The van der Waals surface area contributed by atoms with Gasteiger partial charge in [-0.1, -0.05) is 78.9 Å². The molecule has 0 spiro atoms. The van der Waals surface area contributed by atoms with Crippen molar-refractivity contribution in [3.8, 4) is 22.6 Å². The Hall–Kier alpha value is -5.08. The normalized spacial score (nSPS) is 10.8. The van der Waals surface area contributed by atoms with E-state index in [1.807, 2.05) is 60.8 Å². The molecule has 0 saturated heterocycles. The minimum Gasteiger partial charge on any atom is -0.497 e. The summed E-state index contributed by atoms with van der Waals surface area (Å²) in [6, 6.07) is 33.8. The first-order valence-electron chi connectivity index (χ1n) is 13.8. The lowest BCUT2D eigenvalue weighted by molar-refractivity contribution is 0.154. The zero-order valence-corrected chi connectivity index (χ0v) is 23.5. The van der Waals surface area contributed by atoms with Crippen LogP contribution in [0, 0.1) is 0 Å². The van der Waals surface area contributed by atoms with Gasteiger partial charge in [0.1, 0.15) is 24.7 Å². The standard InChI is InChI=1S/C34H34N4O4/c1-40-31-14-8-13-28(19-31)25-42-34(39)37-32-16-15-29(30-21-35-36-22-30)20-33(32)41-18-17-38(23-26-9-4-2-5-10-26)24-27-11-6-3-7-12-27/h2-16,19-22H,17-18,23-25H2,1H3,(H,35,36)(H,37,39). The molecule has 0 aliphatic heterocycles. The average molecular weight is 563 g/mol. The van der Waals surface area contributed by atoms with E-state index in [9.17, 15) is 4.79 Å². The number of nitrogens with zero attached hydrogens (tertiary/aromatic N) is 2. The van der Waals surface area contributed by atoms with Crippen LogP contribution in [0.2, 0.25) is 0 Å². The third-order valence-electron chi connectivity index (χ3n) is 6.72. The van der Waals surface area contributed by atoms with Crippen molar-refractivity contribution in [3.05, 3.63) is 132 Å². The van der Waals surface area contributed by atoms with Crippen LogP contribution in [-0.2, 0) is 24.4 Å². The Bertz CT molecular complexity index is 1500. The fourth-order valence-electron chi connectivity index (χ4n) is 4.57. The molecule has 214 valence electrons. The maximum atomic E-state index is 12.8. The van der Waals surface area contributed by atoms with E-state index in [2.05, 4.69) is 68.9 Å². The fraction of sp³-hybridized carbons (Fsp3) is 0.176. The van der Waals surface area contributed by atoms with Crippen molar-refractivity contribution in [2.24, 2.45) is 0 Å². The first-order valence-corrected chi connectivity index (χ1v) is 13.8. The lowest BCUT2D eigenvalue weighted by Crippen LogP contribution is -2.28. The van der Waals surface area contributed by atoms with Crippen molar-refractivity contribution in [3.63, 3.8) is 0 Å². The number of nitrogens with one attached hydrogen (secondary N) is 2. The number of carbonyl (C=O) groups is 1. The van der Waals surface area contributed by atoms with Gasteiger partial charge in [0.15, 0.2) is 0 Å². The molecule has 5 rings (SSSR count). The minimum absolute atomic E-state index is 0.111. The summed E-state index contributed by atoms with van der Waals surface area (Å²) in [5.41, 5.74) is 5.65. The van der Waals surface area contributed by atoms with E-state index in [0.29, 0.717) is 30.3 Å². The molecule has 8 nitrogen and oxygen atoms in total. The second-order valence-corrected chi connectivity index (χ2v) is 9.78. The third kappa shape index (κ3) is 8.22. The van der Waals surface area contributed by atoms with Gasteiger partial charge in [-0.3, -0.25) is 15.3 Å². The second kappa shape index (κ2) is 14.5. The van der Waals surface area contributed by atoms with E-state index in [4.69, 9.17) is 14.2 Å². The summed E-state index contributed by atoms with van der Waals surface area (Å²) in [6.07, 6.45) is 2.99. The highest BCUT2D eigenvalue weighted by Gasteiger charge is 2.14. The quantitative estimate of drug-likeness (QED) is 0.162. The molecular formula is C34H34N4O4. The third-order valence-corrected chi connectivity index (χ3v) is 6.72. The molecule has 4 aromatic carbocycles. The highest BCUT2D eigenvalue weighted by Crippen LogP contribution is 2.31. The predicted molar refractivity (Wildman–Crippen MR) is 163 cm³/mol. The number of anilines is 1. The van der Waals surface area contributed by atoms with E-state index in [1.165, 1.54) is 11.1 Å². The van der Waals surface area contributed by atoms with Crippen molar-refractivity contribution >= 4 is 11.8 Å². The molecule has 2 N–H and O–H groups in total. The SMILES string of the molecule is COc1cccc(COC(=O)Nc2ccc(-c3cn[nH]c3)cc2OCCN(Cc2ccccc2)Cc2ccccc2)c1. The van der Waals surface area contributed by atoms with Gasteiger partial charge in [-0.25, -0.2) is 4.79 Å². The molecule has 0 bridgehead atoms. The van der Waals surface area contributed by atoms with Crippen LogP contribution in [-0.4, -0.2) is 41.5 Å². The smallest absolute Gasteiger partial charge is 0.412 e. The number of methoxy groups -OCH3 is 1. The number of hydrogen-bond acceptors (Lipinski definition) is 6. The molecule has 0 atom stereocenters. The number of benzene rings is 4. The van der Waals surface area contributed by atoms with Gasteiger partial charge in [-0.2, -0.15) is 5.10 Å². The molecule has 0 radical (unpaired) electrons. The van der Waals surface area contributed by atoms with Crippen molar-refractivity contribution < 1.29 is 19.0 Å². The highest BCUT2D eigenvalue weighted by atomic mass is 16.5. The van der Waals surface area contributed by atoms with Crippen molar-refractivity contribution in [1.29, 1.82) is 0 Å². The van der Waals surface area contributed by atoms with Gasteiger partial charge in [0.25, 0.3) is 0 Å². The molecule has 1 amide bonds. The van der Waals surface area contributed by atoms with E-state index in [1.54, 1.807) is 13.3 Å². The molecular weight excluding hydrogens is 528 g/mol. The summed E-state index contributed by atoms with van der Waals surface area (Å²) in [4.78, 5) is 15.1. The van der Waals surface area contributed by atoms with Gasteiger partial charge in [-0.15, -0.1) is 0 Å². The number of H-pyrrole nitrogens is 1. The maximum absolute atomic E-state index is 12.8. The Labute approximate surface area is 245 Å². The molecule has 0 aliphatic rings. The first kappa shape index (κ1) is 28.4. The monoisotopic (exact) mass is 562 g/mol. The fourth-order valence-corrected chi connectivity index (χ4v) is 4.57. The van der Waals surface area contributed by atoms with Crippen LogP contribution in [0.15, 0.2) is 116 Å². The van der Waals surface area contributed by atoms with E-state index in [0.717, 1.165) is 29.8 Å². The second-order valence-electron chi connectivity index (χ2n) is 9.78. The topological polar surface area (TPSA) is 88.7 Å². The van der Waals surface area contributed by atoms with Crippen molar-refractivity contribution in [2.45, 2.75) is 19.7 Å². The lowest BCUT2D eigenvalue weighted by atomic mass is 10.1. The summed E-state index contributed by atoms with van der Waals surface area (Å²) in [5, 5.41) is 9.75. The summed E-state index contributed by atoms with van der Waals surface area (Å²) in [6.45, 7) is 2.79. The lowest BCUT2D eigenvalue weighted by Gasteiger charge is -2.23. The van der Waals surface area contributed by atoms with E-state index < -0.39 is 6.09 Å². The van der Waals surface area contributed by atoms with Crippen LogP contribution < -0.4 is 14.8 Å². The molecule has 0 aliphatic carbocycles. The molecule has 5 aromatic rings. The van der Waals surface area contributed by atoms with Gasteiger partial charge in [0, 0.05) is 31.4 Å².